The van der Waals surface area contributed by atoms with E-state index in [1.54, 1.807) is 6.07 Å². The number of nitrogens with two attached hydrogens (primary N) is 1. The van der Waals surface area contributed by atoms with Crippen molar-refractivity contribution in [3.05, 3.63) is 24.3 Å². The number of hydrogen-bond acceptors (Lipinski definition) is 5. The molecule has 0 saturated carbocycles. The van der Waals surface area contributed by atoms with Crippen LogP contribution in [0.3, 0.4) is 0 Å². The van der Waals surface area contributed by atoms with Gasteiger partial charge in [0.05, 0.1) is 5.69 Å². The van der Waals surface area contributed by atoms with Crippen LogP contribution in [0.25, 0.3) is 22.6 Å². The van der Waals surface area contributed by atoms with Crippen molar-refractivity contribution < 1.29 is 4.42 Å². The normalized spacial score (nSPS) is 10.9. The summed E-state index contributed by atoms with van der Waals surface area (Å²) in [4.78, 5) is 0. The predicted octanol–water partition coefficient (Wildman–Crippen LogP) is 1.20. The van der Waals surface area contributed by atoms with Crippen LogP contribution in [-0.2, 0) is 0 Å². The lowest BCUT2D eigenvalue weighted by Gasteiger charge is -1.91. The Morgan fingerprint density at radius 3 is 3.00 bits per heavy atom. The number of H-pyrrole nitrogens is 1. The van der Waals surface area contributed by atoms with E-state index in [1.165, 1.54) is 0 Å². The van der Waals surface area contributed by atoms with Crippen LogP contribution in [0.4, 0.5) is 5.69 Å². The highest BCUT2D eigenvalue weighted by Gasteiger charge is 2.10. The van der Waals surface area contributed by atoms with Crippen molar-refractivity contribution in [2.24, 2.45) is 0 Å². The molecule has 0 aliphatic rings. The van der Waals surface area contributed by atoms with E-state index in [9.17, 15) is 0 Å². The molecule has 6 nitrogen and oxygen atoms in total. The summed E-state index contributed by atoms with van der Waals surface area (Å²) in [7, 11) is 0. The first-order valence-electron chi connectivity index (χ1n) is 4.36. The average molecular weight is 201 g/mol. The SMILES string of the molecule is Nc1cccc2cc(-c3nn[nH]n3)oc12. The smallest absolute Gasteiger partial charge is 0.239 e. The van der Waals surface area contributed by atoms with Crippen molar-refractivity contribution in [3.63, 3.8) is 0 Å². The fraction of sp³-hybridized carbons (Fsp3) is 0. The van der Waals surface area contributed by atoms with Crippen molar-refractivity contribution in [3.8, 4) is 11.6 Å². The summed E-state index contributed by atoms with van der Waals surface area (Å²) in [6.45, 7) is 0. The predicted molar refractivity (Wildman–Crippen MR) is 53.8 cm³/mol. The molecule has 3 rings (SSSR count). The van der Waals surface area contributed by atoms with Gasteiger partial charge in [0.1, 0.15) is 0 Å². The first-order chi connectivity index (χ1) is 7.34. The average Bonchev–Trinajstić information content (AvgIpc) is 2.86. The zero-order valence-corrected chi connectivity index (χ0v) is 7.64. The highest BCUT2D eigenvalue weighted by molar-refractivity contribution is 5.90. The zero-order chi connectivity index (χ0) is 10.3. The summed E-state index contributed by atoms with van der Waals surface area (Å²) in [5.74, 6) is 0.974. The fourth-order valence-corrected chi connectivity index (χ4v) is 1.46. The minimum absolute atomic E-state index is 0.422. The van der Waals surface area contributed by atoms with Gasteiger partial charge in [-0.05, 0) is 17.3 Å². The summed E-state index contributed by atoms with van der Waals surface area (Å²) in [6.07, 6.45) is 0. The van der Waals surface area contributed by atoms with Crippen molar-refractivity contribution in [2.75, 3.05) is 5.73 Å². The van der Waals surface area contributed by atoms with Crippen LogP contribution in [0.15, 0.2) is 28.7 Å². The third kappa shape index (κ3) is 1.15. The molecule has 0 aliphatic carbocycles. The van der Waals surface area contributed by atoms with E-state index in [0.717, 1.165) is 5.39 Å². The third-order valence-electron chi connectivity index (χ3n) is 2.14. The molecule has 0 aliphatic heterocycles. The Morgan fingerprint density at radius 2 is 2.27 bits per heavy atom. The van der Waals surface area contributed by atoms with Crippen LogP contribution in [0.2, 0.25) is 0 Å². The van der Waals surface area contributed by atoms with Crippen LogP contribution in [0.1, 0.15) is 0 Å². The number of para-hydroxylation sites is 1. The summed E-state index contributed by atoms with van der Waals surface area (Å²) in [6, 6.07) is 7.40. The van der Waals surface area contributed by atoms with E-state index in [4.69, 9.17) is 10.2 Å². The maximum atomic E-state index is 5.76. The Kier molecular flexibility index (Phi) is 1.49. The van der Waals surface area contributed by atoms with Crippen molar-refractivity contribution in [1.82, 2.24) is 20.6 Å². The molecule has 0 spiro atoms. The summed E-state index contributed by atoms with van der Waals surface area (Å²) in [5, 5.41) is 14.4. The molecule has 0 atom stereocenters. The number of nitrogens with one attached hydrogen (secondary N) is 1. The lowest BCUT2D eigenvalue weighted by Crippen LogP contribution is -1.82. The molecule has 2 heterocycles. The summed E-state index contributed by atoms with van der Waals surface area (Å²) >= 11 is 0. The number of nitrogens with zero attached hydrogens (tertiary/aromatic N) is 3. The van der Waals surface area contributed by atoms with Gasteiger partial charge in [-0.3, -0.25) is 0 Å². The van der Waals surface area contributed by atoms with E-state index in [1.807, 2.05) is 18.2 Å². The molecule has 1 aromatic carbocycles. The molecule has 0 saturated heterocycles. The van der Waals surface area contributed by atoms with Gasteiger partial charge in [-0.2, -0.15) is 5.21 Å². The number of fused-ring (bicyclic) bond motifs is 1. The number of rotatable bonds is 1. The van der Waals surface area contributed by atoms with Crippen LogP contribution >= 0.6 is 0 Å². The van der Waals surface area contributed by atoms with Crippen LogP contribution in [-0.4, -0.2) is 20.6 Å². The van der Waals surface area contributed by atoms with Crippen molar-refractivity contribution >= 4 is 16.7 Å². The molecule has 0 amide bonds. The second-order valence-corrected chi connectivity index (χ2v) is 3.11. The van der Waals surface area contributed by atoms with E-state index in [2.05, 4.69) is 20.6 Å². The number of benzene rings is 1. The van der Waals surface area contributed by atoms with Gasteiger partial charge in [0.2, 0.25) is 5.82 Å². The number of furan rings is 1. The number of aromatic amines is 1. The lowest BCUT2D eigenvalue weighted by molar-refractivity contribution is 0.626. The van der Waals surface area contributed by atoms with E-state index in [-0.39, 0.29) is 0 Å². The Labute approximate surface area is 84.1 Å². The quantitative estimate of drug-likeness (QED) is 0.577. The molecular weight excluding hydrogens is 194 g/mol. The highest BCUT2D eigenvalue weighted by Crippen LogP contribution is 2.28. The largest absolute Gasteiger partial charge is 0.450 e. The Hall–Kier alpha value is -2.37. The molecule has 0 unspecified atom stereocenters. The molecule has 74 valence electrons. The number of hydrogen-bond donors (Lipinski definition) is 2. The molecule has 2 aromatic heterocycles. The molecule has 0 radical (unpaired) electrons. The van der Waals surface area contributed by atoms with Gasteiger partial charge in [-0.1, -0.05) is 12.1 Å². The molecule has 0 bridgehead atoms. The minimum atomic E-state index is 0.422. The monoisotopic (exact) mass is 201 g/mol. The maximum Gasteiger partial charge on any atom is 0.239 e. The highest BCUT2D eigenvalue weighted by atomic mass is 16.3. The maximum absolute atomic E-state index is 5.76. The number of anilines is 1. The number of nitrogen functional groups attached to an aromatic ring is 1. The molecule has 3 aromatic rings. The molecule has 3 N–H and O–H groups in total. The Balaban J connectivity index is 2.27. The van der Waals surface area contributed by atoms with Crippen LogP contribution in [0.5, 0.6) is 0 Å². The van der Waals surface area contributed by atoms with Crippen molar-refractivity contribution in [2.45, 2.75) is 0 Å². The topological polar surface area (TPSA) is 93.6 Å². The lowest BCUT2D eigenvalue weighted by atomic mass is 10.2. The van der Waals surface area contributed by atoms with Gasteiger partial charge in [-0.25, -0.2) is 0 Å². The van der Waals surface area contributed by atoms with Gasteiger partial charge in [0.15, 0.2) is 11.3 Å². The van der Waals surface area contributed by atoms with Gasteiger partial charge in [-0.15, -0.1) is 10.2 Å². The molecule has 0 fully saturated rings. The fourth-order valence-electron chi connectivity index (χ4n) is 1.46. The van der Waals surface area contributed by atoms with Crippen LogP contribution < -0.4 is 5.73 Å². The van der Waals surface area contributed by atoms with E-state index >= 15 is 0 Å². The molecular formula is C9H7N5O. The standard InChI is InChI=1S/C9H7N5O/c10-6-3-1-2-5-4-7(15-8(5)6)9-11-13-14-12-9/h1-4H,10H2,(H,11,12,13,14). The second kappa shape index (κ2) is 2.81. The Bertz CT molecular complexity index is 598. The molecule has 6 heteroatoms. The number of aromatic nitrogens is 4. The zero-order valence-electron chi connectivity index (χ0n) is 7.64. The third-order valence-corrected chi connectivity index (χ3v) is 2.14. The first-order valence-corrected chi connectivity index (χ1v) is 4.36. The van der Waals surface area contributed by atoms with E-state index in [0.29, 0.717) is 22.9 Å². The van der Waals surface area contributed by atoms with Gasteiger partial charge >= 0.3 is 0 Å². The number of tetrazole rings is 1. The minimum Gasteiger partial charge on any atom is -0.450 e. The second-order valence-electron chi connectivity index (χ2n) is 3.11. The first kappa shape index (κ1) is 7.98. The van der Waals surface area contributed by atoms with Crippen LogP contribution in [0, 0.1) is 0 Å². The van der Waals surface area contributed by atoms with Crippen molar-refractivity contribution in [1.29, 1.82) is 0 Å². The molecule has 15 heavy (non-hydrogen) atoms. The van der Waals surface area contributed by atoms with Gasteiger partial charge in [0, 0.05) is 5.39 Å². The van der Waals surface area contributed by atoms with Gasteiger partial charge < -0.3 is 10.2 Å². The summed E-state index contributed by atoms with van der Waals surface area (Å²) in [5.41, 5.74) is 7.01. The van der Waals surface area contributed by atoms with E-state index < -0.39 is 0 Å². The Morgan fingerprint density at radius 1 is 1.33 bits per heavy atom. The van der Waals surface area contributed by atoms with Gasteiger partial charge in [0.25, 0.3) is 0 Å². The summed E-state index contributed by atoms with van der Waals surface area (Å²) < 4.78 is 5.53.